The average Bonchev–Trinajstić information content (AvgIpc) is 3.54. The van der Waals surface area contributed by atoms with Gasteiger partial charge in [-0.25, -0.2) is 9.40 Å². The normalized spacial score (nSPS) is 27.9. The number of carbonyl (C=O) groups is 4. The number of ketones is 1. The second-order valence-corrected chi connectivity index (χ2v) is 12.3. The van der Waals surface area contributed by atoms with Crippen LogP contribution in [0, 0.1) is 39.6 Å². The zero-order valence-corrected chi connectivity index (χ0v) is 24.0. The van der Waals surface area contributed by atoms with E-state index in [4.69, 9.17) is 11.6 Å². The lowest BCUT2D eigenvalue weighted by molar-refractivity contribution is -0.384. The smallest absolute Gasteiger partial charge is 0.273 e. The van der Waals surface area contributed by atoms with Crippen LogP contribution in [0.25, 0.3) is 0 Å². The number of alkyl halides is 3. The molecular formula is C26H21Br2ClFN3O6. The predicted molar refractivity (Wildman–Crippen MR) is 145 cm³/mol. The third-order valence-electron chi connectivity index (χ3n) is 7.82. The van der Waals surface area contributed by atoms with E-state index >= 15 is 0 Å². The molecule has 0 N–H and O–H groups in total. The van der Waals surface area contributed by atoms with Crippen LogP contribution in [0.2, 0.25) is 0 Å². The molecule has 0 unspecified atom stereocenters. The second-order valence-electron chi connectivity index (χ2n) is 9.81. The Bertz CT molecular complexity index is 1330. The highest BCUT2D eigenvalue weighted by Gasteiger charge is 2.68. The van der Waals surface area contributed by atoms with Gasteiger partial charge in [-0.1, -0.05) is 31.9 Å². The molecule has 2 aliphatic carbocycles. The number of Topliss-reactive ketones (excluding diaryl/α,β-unsaturated/α-hetero) is 1. The number of nitro groups is 1. The first-order chi connectivity index (χ1) is 18.6. The zero-order chi connectivity index (χ0) is 28.2. The molecule has 9 nitrogen and oxygen atoms in total. The fraction of sp³-hybridized carbons (Fsp3) is 0.385. The van der Waals surface area contributed by atoms with Crippen LogP contribution >= 0.6 is 43.5 Å². The Morgan fingerprint density at radius 1 is 1.00 bits per heavy atom. The molecule has 7 atom stereocenters. The van der Waals surface area contributed by atoms with Gasteiger partial charge < -0.3 is 0 Å². The summed E-state index contributed by atoms with van der Waals surface area (Å²) in [6, 6.07) is 7.95. The number of amides is 3. The first kappa shape index (κ1) is 27.9. The topological polar surface area (TPSA) is 118 Å². The van der Waals surface area contributed by atoms with Gasteiger partial charge in [-0.05, 0) is 61.1 Å². The van der Waals surface area contributed by atoms with Crippen molar-refractivity contribution in [2.75, 3.05) is 5.88 Å². The molecule has 0 spiro atoms. The molecule has 1 heterocycles. The van der Waals surface area contributed by atoms with Gasteiger partial charge in [0.15, 0.2) is 5.78 Å². The van der Waals surface area contributed by atoms with Crippen molar-refractivity contribution >= 4 is 72.7 Å². The van der Waals surface area contributed by atoms with E-state index in [0.717, 1.165) is 34.3 Å². The van der Waals surface area contributed by atoms with Crippen molar-refractivity contribution in [2.24, 2.45) is 23.7 Å². The molecule has 5 rings (SSSR count). The Morgan fingerprint density at radius 2 is 1.51 bits per heavy atom. The predicted octanol–water partition coefficient (Wildman–Crippen LogP) is 4.75. The van der Waals surface area contributed by atoms with Crippen molar-refractivity contribution in [1.29, 1.82) is 0 Å². The maximum absolute atomic E-state index is 14.0. The quantitative estimate of drug-likeness (QED) is 0.130. The number of halogens is 4. The summed E-state index contributed by atoms with van der Waals surface area (Å²) in [7, 11) is 0. The monoisotopic (exact) mass is 683 g/mol. The van der Waals surface area contributed by atoms with Gasteiger partial charge in [0, 0.05) is 38.8 Å². The highest BCUT2D eigenvalue weighted by atomic mass is 79.9. The van der Waals surface area contributed by atoms with Gasteiger partial charge in [-0.15, -0.1) is 11.6 Å². The molecule has 3 aliphatic rings. The van der Waals surface area contributed by atoms with Crippen LogP contribution in [-0.4, -0.2) is 60.0 Å². The standard InChI is InChI=1S/C26H21Br2ClFN3O6/c27-21-16-11-17(22(21)28)20-19(16)25(36)32(26(20)37)31(24(35)13-3-7-15(8-4-13)33(38)39)18(9-10-29)23(34)12-1-5-14(30)6-2-12/h1-8,16-22H,9-11H2/t16-,17-,18+,19-,20+,21-,22+/m1/s1. The van der Waals surface area contributed by atoms with Crippen LogP contribution < -0.4 is 0 Å². The van der Waals surface area contributed by atoms with Crippen LogP contribution in [0.5, 0.6) is 0 Å². The van der Waals surface area contributed by atoms with Crippen LogP contribution in [0.4, 0.5) is 10.1 Å². The number of carbonyl (C=O) groups excluding carboxylic acids is 4. The van der Waals surface area contributed by atoms with Crippen LogP contribution in [0.3, 0.4) is 0 Å². The summed E-state index contributed by atoms with van der Waals surface area (Å²) in [4.78, 5) is 65.8. The molecule has 1 aliphatic heterocycles. The number of hydrazine groups is 1. The summed E-state index contributed by atoms with van der Waals surface area (Å²) >= 11 is 13.3. The maximum Gasteiger partial charge on any atom is 0.273 e. The number of hydrogen-bond donors (Lipinski definition) is 0. The van der Waals surface area contributed by atoms with E-state index in [0.29, 0.717) is 6.42 Å². The Hall–Kier alpha value is -2.70. The maximum atomic E-state index is 14.0. The molecule has 3 fully saturated rings. The van der Waals surface area contributed by atoms with Gasteiger partial charge in [0.1, 0.15) is 11.9 Å². The minimum absolute atomic E-state index is 0.0428. The number of rotatable bonds is 8. The van der Waals surface area contributed by atoms with Gasteiger partial charge in [-0.2, -0.15) is 5.01 Å². The second kappa shape index (κ2) is 10.7. The molecule has 13 heteroatoms. The zero-order valence-electron chi connectivity index (χ0n) is 20.1. The van der Waals surface area contributed by atoms with Crippen molar-refractivity contribution in [3.8, 4) is 0 Å². The number of nitrogens with zero attached hydrogens (tertiary/aromatic N) is 3. The summed E-state index contributed by atoms with van der Waals surface area (Å²) < 4.78 is 13.6. The number of nitro benzene ring substituents is 1. The minimum Gasteiger partial charge on any atom is -0.292 e. The Balaban J connectivity index is 1.59. The molecule has 2 aromatic carbocycles. The molecule has 1 saturated heterocycles. The van der Waals surface area contributed by atoms with Crippen molar-refractivity contribution in [1.82, 2.24) is 10.0 Å². The van der Waals surface area contributed by atoms with Gasteiger partial charge in [0.25, 0.3) is 23.4 Å². The van der Waals surface area contributed by atoms with E-state index in [1.54, 1.807) is 0 Å². The highest BCUT2D eigenvalue weighted by Crippen LogP contribution is 2.60. The van der Waals surface area contributed by atoms with Gasteiger partial charge in [0.2, 0.25) is 0 Å². The molecule has 0 aromatic heterocycles. The molecule has 3 amide bonds. The summed E-state index contributed by atoms with van der Waals surface area (Å²) in [6.45, 7) is 0. The Labute approximate surface area is 244 Å². The van der Waals surface area contributed by atoms with Crippen molar-refractivity contribution in [3.63, 3.8) is 0 Å². The van der Waals surface area contributed by atoms with Crippen LogP contribution in [0.15, 0.2) is 48.5 Å². The number of imide groups is 1. The van der Waals surface area contributed by atoms with Gasteiger partial charge >= 0.3 is 0 Å². The van der Waals surface area contributed by atoms with E-state index in [1.165, 1.54) is 24.3 Å². The Kier molecular flexibility index (Phi) is 7.64. The third kappa shape index (κ3) is 4.59. The largest absolute Gasteiger partial charge is 0.292 e. The molecule has 39 heavy (non-hydrogen) atoms. The lowest BCUT2D eigenvalue weighted by atomic mass is 9.81. The fourth-order valence-corrected chi connectivity index (χ4v) is 8.13. The molecule has 204 valence electrons. The number of fused-ring (bicyclic) bond motifs is 5. The Morgan fingerprint density at radius 3 is 2.00 bits per heavy atom. The minimum atomic E-state index is -1.38. The first-order valence-corrected chi connectivity index (χ1v) is 14.5. The van der Waals surface area contributed by atoms with E-state index < -0.39 is 52.1 Å². The van der Waals surface area contributed by atoms with Gasteiger partial charge in [0.05, 0.1) is 16.8 Å². The fourth-order valence-electron chi connectivity index (χ4n) is 6.05. The van der Waals surface area contributed by atoms with E-state index in [9.17, 15) is 33.7 Å². The number of benzene rings is 2. The molecule has 0 radical (unpaired) electrons. The SMILES string of the molecule is O=C(c1ccc(F)cc1)[C@H](CCCl)N(C(=O)c1ccc([N+](=O)[O-])cc1)N1C(=O)[C@@H]2[C@H]3C[C@@H]([C@H](Br)[C@@H]3Br)[C@@H]2C1=O. The number of non-ortho nitro benzene ring substituents is 1. The van der Waals surface area contributed by atoms with Crippen LogP contribution in [-0.2, 0) is 9.59 Å². The van der Waals surface area contributed by atoms with Crippen molar-refractivity contribution in [2.45, 2.75) is 28.5 Å². The third-order valence-corrected chi connectivity index (χ3v) is 11.2. The molecular weight excluding hydrogens is 665 g/mol. The molecule has 2 aromatic rings. The van der Waals surface area contributed by atoms with Gasteiger partial charge in [-0.3, -0.25) is 29.3 Å². The van der Waals surface area contributed by atoms with E-state index in [-0.39, 0.29) is 50.6 Å². The molecule has 2 saturated carbocycles. The first-order valence-electron chi connectivity index (χ1n) is 12.2. The number of hydrogen-bond acceptors (Lipinski definition) is 6. The van der Waals surface area contributed by atoms with Crippen molar-refractivity contribution in [3.05, 3.63) is 75.6 Å². The summed E-state index contributed by atoms with van der Waals surface area (Å²) in [5, 5.41) is 12.8. The highest BCUT2D eigenvalue weighted by molar-refractivity contribution is 9.12. The summed E-state index contributed by atoms with van der Waals surface area (Å²) in [5.74, 6) is -4.92. The van der Waals surface area contributed by atoms with Crippen LogP contribution in [0.1, 0.15) is 33.6 Å². The summed E-state index contributed by atoms with van der Waals surface area (Å²) in [5.41, 5.74) is -0.262. The summed E-state index contributed by atoms with van der Waals surface area (Å²) in [6.07, 6.45) is 0.556. The molecule has 2 bridgehead atoms. The van der Waals surface area contributed by atoms with E-state index in [1.807, 2.05) is 0 Å². The lowest BCUT2D eigenvalue weighted by Crippen LogP contribution is -2.58. The average molecular weight is 686 g/mol. The van der Waals surface area contributed by atoms with E-state index in [2.05, 4.69) is 31.9 Å². The lowest BCUT2D eigenvalue weighted by Gasteiger charge is -2.36. The van der Waals surface area contributed by atoms with Crippen molar-refractivity contribution < 1.29 is 28.5 Å².